The Kier molecular flexibility index (Phi) is 5.03. The van der Waals surface area contributed by atoms with Crippen molar-refractivity contribution in [3.63, 3.8) is 0 Å². The number of nitrogen functional groups attached to an aromatic ring is 1. The number of nitrogens with two attached hydrogens (primary N) is 1. The van der Waals surface area contributed by atoms with E-state index in [9.17, 15) is 17.6 Å². The molecule has 172 valence electrons. The van der Waals surface area contributed by atoms with E-state index in [4.69, 9.17) is 5.73 Å². The maximum atomic E-state index is 14.2. The summed E-state index contributed by atoms with van der Waals surface area (Å²) in [5.74, 6) is 0.153. The fraction of sp³-hybridized carbons (Fsp3) is 0.130. The van der Waals surface area contributed by atoms with E-state index in [-0.39, 0.29) is 11.9 Å². The first-order valence-electron chi connectivity index (χ1n) is 10.2. The van der Waals surface area contributed by atoms with Gasteiger partial charge in [0.15, 0.2) is 0 Å². The van der Waals surface area contributed by atoms with Crippen LogP contribution in [0.25, 0.3) is 33.5 Å². The van der Waals surface area contributed by atoms with E-state index in [1.807, 2.05) is 6.92 Å². The molecule has 0 spiro atoms. The van der Waals surface area contributed by atoms with Gasteiger partial charge in [-0.1, -0.05) is 18.2 Å². The number of imidazole rings is 1. The molecule has 0 aliphatic heterocycles. The van der Waals surface area contributed by atoms with Crippen LogP contribution in [0, 0.1) is 5.82 Å². The summed E-state index contributed by atoms with van der Waals surface area (Å²) < 4.78 is 54.8. The van der Waals surface area contributed by atoms with Crippen molar-refractivity contribution >= 4 is 16.9 Å². The van der Waals surface area contributed by atoms with Crippen LogP contribution in [0.4, 0.5) is 23.4 Å². The number of pyridine rings is 1. The second kappa shape index (κ2) is 7.94. The third-order valence-corrected chi connectivity index (χ3v) is 5.60. The SMILES string of the molecule is CC(c1cnc(-c2ccccc2F)[nH]1)n1cc(-c2ccc(C(F)(F)F)nc2)c2c(N)ncnc21. The van der Waals surface area contributed by atoms with Crippen LogP contribution in [-0.2, 0) is 6.18 Å². The molecule has 0 aliphatic rings. The van der Waals surface area contributed by atoms with Crippen LogP contribution in [0.15, 0.2) is 61.3 Å². The Balaban J connectivity index is 1.59. The Morgan fingerprint density at radius 2 is 1.76 bits per heavy atom. The Morgan fingerprint density at radius 3 is 2.47 bits per heavy atom. The van der Waals surface area contributed by atoms with Crippen LogP contribution in [-0.4, -0.2) is 29.5 Å². The van der Waals surface area contributed by atoms with Crippen molar-refractivity contribution in [2.24, 2.45) is 0 Å². The lowest BCUT2D eigenvalue weighted by molar-refractivity contribution is -0.141. The monoisotopic (exact) mass is 467 g/mol. The topological polar surface area (TPSA) is 98.3 Å². The summed E-state index contributed by atoms with van der Waals surface area (Å²) in [5.41, 5.74) is 7.58. The third kappa shape index (κ3) is 3.64. The van der Waals surface area contributed by atoms with Gasteiger partial charge in [0.05, 0.1) is 28.9 Å². The van der Waals surface area contributed by atoms with Crippen LogP contribution in [0.3, 0.4) is 0 Å². The maximum absolute atomic E-state index is 14.2. The quantitative estimate of drug-likeness (QED) is 0.353. The average molecular weight is 467 g/mol. The van der Waals surface area contributed by atoms with Crippen molar-refractivity contribution in [3.05, 3.63) is 78.5 Å². The van der Waals surface area contributed by atoms with Gasteiger partial charge in [-0.05, 0) is 25.1 Å². The predicted molar refractivity (Wildman–Crippen MR) is 118 cm³/mol. The third-order valence-electron chi connectivity index (χ3n) is 5.60. The van der Waals surface area contributed by atoms with Crippen molar-refractivity contribution < 1.29 is 17.6 Å². The minimum absolute atomic E-state index is 0.183. The Hall–Kier alpha value is -4.28. The van der Waals surface area contributed by atoms with Crippen LogP contribution in [0.5, 0.6) is 0 Å². The zero-order chi connectivity index (χ0) is 24.0. The molecule has 7 nitrogen and oxygen atoms in total. The molecular weight excluding hydrogens is 450 g/mol. The number of nitrogens with zero attached hydrogens (tertiary/aromatic N) is 5. The smallest absolute Gasteiger partial charge is 0.383 e. The van der Waals surface area contributed by atoms with Crippen LogP contribution in [0.1, 0.15) is 24.4 Å². The van der Waals surface area contributed by atoms with Gasteiger partial charge in [0.2, 0.25) is 0 Å². The molecule has 34 heavy (non-hydrogen) atoms. The second-order valence-corrected chi connectivity index (χ2v) is 7.68. The number of hydrogen-bond acceptors (Lipinski definition) is 5. The van der Waals surface area contributed by atoms with Crippen molar-refractivity contribution in [2.45, 2.75) is 19.1 Å². The number of aromatic amines is 1. The maximum Gasteiger partial charge on any atom is 0.433 e. The summed E-state index contributed by atoms with van der Waals surface area (Å²) in [6, 6.07) is 8.19. The molecule has 5 aromatic rings. The molecule has 0 aliphatic carbocycles. The number of fused-ring (bicyclic) bond motifs is 1. The fourth-order valence-corrected chi connectivity index (χ4v) is 3.83. The lowest BCUT2D eigenvalue weighted by atomic mass is 10.1. The minimum Gasteiger partial charge on any atom is -0.383 e. The summed E-state index contributed by atoms with van der Waals surface area (Å²) in [5, 5.41) is 0.491. The number of hydrogen-bond donors (Lipinski definition) is 2. The van der Waals surface area contributed by atoms with Crippen molar-refractivity contribution in [1.29, 1.82) is 0 Å². The first-order valence-corrected chi connectivity index (χ1v) is 10.2. The summed E-state index contributed by atoms with van der Waals surface area (Å²) in [6.45, 7) is 1.88. The lowest BCUT2D eigenvalue weighted by Crippen LogP contribution is -2.07. The largest absolute Gasteiger partial charge is 0.433 e. The van der Waals surface area contributed by atoms with Crippen molar-refractivity contribution in [3.8, 4) is 22.5 Å². The predicted octanol–water partition coefficient (Wildman–Crippen LogP) is 5.23. The number of rotatable bonds is 4. The van der Waals surface area contributed by atoms with Gasteiger partial charge in [0.1, 0.15) is 35.1 Å². The molecule has 0 radical (unpaired) electrons. The van der Waals surface area contributed by atoms with E-state index in [2.05, 4.69) is 24.9 Å². The van der Waals surface area contributed by atoms with Crippen LogP contribution >= 0.6 is 0 Å². The standard InChI is InChI=1S/C23H17F4N7/c1-12(17-9-30-21(33-17)14-4-2-3-5-16(14)24)34-10-15(19-20(28)31-11-32-22(19)34)13-6-7-18(29-8-13)23(25,26)27/h2-12H,1H3,(H,30,33)(H2,28,31,32). The number of halogens is 4. The average Bonchev–Trinajstić information content (AvgIpc) is 3.45. The van der Waals surface area contributed by atoms with Gasteiger partial charge in [0.25, 0.3) is 0 Å². The molecule has 0 fully saturated rings. The summed E-state index contributed by atoms with van der Waals surface area (Å²) in [4.78, 5) is 19.4. The summed E-state index contributed by atoms with van der Waals surface area (Å²) in [6.07, 6.45) is 1.25. The molecule has 5 rings (SSSR count). The second-order valence-electron chi connectivity index (χ2n) is 7.68. The van der Waals surface area contributed by atoms with Gasteiger partial charge in [-0.3, -0.25) is 4.98 Å². The number of aromatic nitrogens is 6. The molecule has 4 aromatic heterocycles. The molecule has 0 saturated heterocycles. The highest BCUT2D eigenvalue weighted by molar-refractivity contribution is 6.00. The first-order chi connectivity index (χ1) is 16.2. The van der Waals surface area contributed by atoms with Gasteiger partial charge in [-0.15, -0.1) is 0 Å². The molecule has 11 heteroatoms. The van der Waals surface area contributed by atoms with Crippen molar-refractivity contribution in [2.75, 3.05) is 5.73 Å². The Labute approximate surface area is 190 Å². The highest BCUT2D eigenvalue weighted by atomic mass is 19.4. The van der Waals surface area contributed by atoms with E-state index >= 15 is 0 Å². The van der Waals surface area contributed by atoms with Gasteiger partial charge in [0, 0.05) is 23.5 Å². The van der Waals surface area contributed by atoms with Crippen LogP contribution < -0.4 is 5.73 Å². The minimum atomic E-state index is -4.54. The number of H-pyrrole nitrogens is 1. The Morgan fingerprint density at radius 1 is 0.971 bits per heavy atom. The molecule has 1 aromatic carbocycles. The van der Waals surface area contributed by atoms with Crippen molar-refractivity contribution in [1.82, 2.24) is 29.5 Å². The zero-order valence-corrected chi connectivity index (χ0v) is 17.7. The lowest BCUT2D eigenvalue weighted by Gasteiger charge is -2.13. The van der Waals surface area contributed by atoms with E-state index in [1.54, 1.807) is 35.2 Å². The number of benzene rings is 1. The van der Waals surface area contributed by atoms with E-state index in [0.717, 1.165) is 12.3 Å². The van der Waals surface area contributed by atoms with Gasteiger partial charge in [-0.2, -0.15) is 13.2 Å². The van der Waals surface area contributed by atoms with E-state index < -0.39 is 17.7 Å². The molecule has 1 unspecified atom stereocenters. The van der Waals surface area contributed by atoms with E-state index in [1.165, 1.54) is 18.5 Å². The normalized spacial score (nSPS) is 12.9. The molecule has 3 N–H and O–H groups in total. The van der Waals surface area contributed by atoms with E-state index in [0.29, 0.717) is 39.2 Å². The van der Waals surface area contributed by atoms with Crippen LogP contribution in [0.2, 0.25) is 0 Å². The summed E-state index contributed by atoms with van der Waals surface area (Å²) in [7, 11) is 0. The molecule has 0 saturated carbocycles. The van der Waals surface area contributed by atoms with Gasteiger partial charge >= 0.3 is 6.18 Å². The number of anilines is 1. The summed E-state index contributed by atoms with van der Waals surface area (Å²) >= 11 is 0. The molecule has 0 bridgehead atoms. The molecular formula is C23H17F4N7. The highest BCUT2D eigenvalue weighted by Gasteiger charge is 2.32. The highest BCUT2D eigenvalue weighted by Crippen LogP contribution is 2.36. The number of nitrogens with one attached hydrogen (secondary N) is 1. The molecule has 0 amide bonds. The van der Waals surface area contributed by atoms with Gasteiger partial charge < -0.3 is 15.3 Å². The van der Waals surface area contributed by atoms with Gasteiger partial charge in [-0.25, -0.2) is 19.3 Å². The fourth-order valence-electron chi connectivity index (χ4n) is 3.83. The number of alkyl halides is 3. The Bertz CT molecular complexity index is 1490. The molecule has 4 heterocycles. The molecule has 1 atom stereocenters. The zero-order valence-electron chi connectivity index (χ0n) is 17.7. The first kappa shape index (κ1) is 21.6.